The van der Waals surface area contributed by atoms with Crippen molar-refractivity contribution in [1.29, 1.82) is 5.26 Å². The van der Waals surface area contributed by atoms with Crippen molar-refractivity contribution in [2.45, 2.75) is 6.92 Å². The lowest BCUT2D eigenvalue weighted by Gasteiger charge is -2.04. The van der Waals surface area contributed by atoms with Crippen LogP contribution in [0.5, 0.6) is 0 Å². The molecule has 5 heteroatoms. The Morgan fingerprint density at radius 1 is 1.21 bits per heavy atom. The second-order valence-electron chi connectivity index (χ2n) is 4.24. The van der Waals surface area contributed by atoms with E-state index in [1.807, 2.05) is 35.7 Å². The van der Waals surface area contributed by atoms with Crippen molar-refractivity contribution in [1.82, 2.24) is 14.6 Å². The molecule has 0 fully saturated rings. The molecule has 0 unspecified atom stereocenters. The highest BCUT2D eigenvalue weighted by molar-refractivity contribution is 9.10. The van der Waals surface area contributed by atoms with Gasteiger partial charge < -0.3 is 0 Å². The van der Waals surface area contributed by atoms with Gasteiger partial charge in [-0.25, -0.2) is 0 Å². The van der Waals surface area contributed by atoms with Crippen LogP contribution in [0.1, 0.15) is 11.1 Å². The molecule has 4 nitrogen and oxygen atoms in total. The van der Waals surface area contributed by atoms with E-state index in [1.165, 1.54) is 0 Å². The van der Waals surface area contributed by atoms with Gasteiger partial charge in [-0.05, 0) is 30.7 Å². The molecule has 0 bridgehead atoms. The molecule has 0 aliphatic rings. The summed E-state index contributed by atoms with van der Waals surface area (Å²) in [5.74, 6) is 0.776. The highest BCUT2D eigenvalue weighted by atomic mass is 79.9. The van der Waals surface area contributed by atoms with Gasteiger partial charge in [-0.15, -0.1) is 10.2 Å². The van der Waals surface area contributed by atoms with E-state index in [0.29, 0.717) is 11.2 Å². The third-order valence-electron chi connectivity index (χ3n) is 2.98. The fraction of sp³-hybridized carbons (Fsp3) is 0.0714. The Labute approximate surface area is 118 Å². The molecule has 2 heterocycles. The summed E-state index contributed by atoms with van der Waals surface area (Å²) in [6.45, 7) is 2.03. The number of hydrogen-bond acceptors (Lipinski definition) is 3. The van der Waals surface area contributed by atoms with E-state index in [2.05, 4.69) is 32.2 Å². The highest BCUT2D eigenvalue weighted by Gasteiger charge is 2.11. The van der Waals surface area contributed by atoms with Crippen LogP contribution in [0.2, 0.25) is 0 Å². The Morgan fingerprint density at radius 3 is 2.84 bits per heavy atom. The quantitative estimate of drug-likeness (QED) is 0.692. The second kappa shape index (κ2) is 4.48. The van der Waals surface area contributed by atoms with E-state index in [0.717, 1.165) is 21.4 Å². The first-order valence-electron chi connectivity index (χ1n) is 5.70. The highest BCUT2D eigenvalue weighted by Crippen LogP contribution is 2.26. The third-order valence-corrected chi connectivity index (χ3v) is 3.47. The second-order valence-corrected chi connectivity index (χ2v) is 5.15. The summed E-state index contributed by atoms with van der Waals surface area (Å²) in [5.41, 5.74) is 3.40. The van der Waals surface area contributed by atoms with E-state index in [4.69, 9.17) is 5.26 Å². The number of fused-ring (bicyclic) bond motifs is 1. The van der Waals surface area contributed by atoms with Crippen molar-refractivity contribution >= 4 is 21.6 Å². The summed E-state index contributed by atoms with van der Waals surface area (Å²) in [4.78, 5) is 0. The summed E-state index contributed by atoms with van der Waals surface area (Å²) >= 11 is 3.47. The van der Waals surface area contributed by atoms with Crippen molar-refractivity contribution in [3.63, 3.8) is 0 Å². The van der Waals surface area contributed by atoms with E-state index >= 15 is 0 Å². The minimum Gasteiger partial charge on any atom is -0.282 e. The molecule has 0 N–H and O–H groups in total. The number of aryl methyl sites for hydroxylation is 1. The molecule has 0 saturated carbocycles. The molecule has 0 amide bonds. The first kappa shape index (κ1) is 11.9. The van der Waals surface area contributed by atoms with Gasteiger partial charge in [0.1, 0.15) is 0 Å². The molecule has 0 spiro atoms. The van der Waals surface area contributed by atoms with Crippen LogP contribution in [0.15, 0.2) is 41.0 Å². The number of rotatable bonds is 1. The molecular formula is C14H9BrN4. The fourth-order valence-electron chi connectivity index (χ4n) is 1.98. The van der Waals surface area contributed by atoms with Crippen molar-refractivity contribution in [2.75, 3.05) is 0 Å². The Hall–Kier alpha value is -2.19. The first-order chi connectivity index (χ1) is 9.19. The molecule has 0 atom stereocenters. The van der Waals surface area contributed by atoms with Crippen LogP contribution in [0.4, 0.5) is 0 Å². The molecule has 92 valence electrons. The maximum absolute atomic E-state index is 8.89. The predicted molar refractivity (Wildman–Crippen MR) is 75.6 cm³/mol. The Kier molecular flexibility index (Phi) is 2.80. The van der Waals surface area contributed by atoms with Crippen LogP contribution >= 0.6 is 15.9 Å². The molecule has 3 rings (SSSR count). The smallest absolute Gasteiger partial charge is 0.168 e. The Balaban J connectivity index is 2.26. The van der Waals surface area contributed by atoms with Crippen LogP contribution in [-0.4, -0.2) is 14.6 Å². The van der Waals surface area contributed by atoms with Crippen LogP contribution in [-0.2, 0) is 0 Å². The van der Waals surface area contributed by atoms with Crippen LogP contribution in [0, 0.1) is 18.3 Å². The zero-order chi connectivity index (χ0) is 13.4. The predicted octanol–water partition coefficient (Wildman–Crippen LogP) is 3.34. The summed E-state index contributed by atoms with van der Waals surface area (Å²) in [6.07, 6.45) is 1.82. The number of nitriles is 1. The first-order valence-corrected chi connectivity index (χ1v) is 6.50. The van der Waals surface area contributed by atoms with Crippen molar-refractivity contribution < 1.29 is 0 Å². The van der Waals surface area contributed by atoms with Gasteiger partial charge in [-0.1, -0.05) is 22.0 Å². The monoisotopic (exact) mass is 312 g/mol. The van der Waals surface area contributed by atoms with E-state index < -0.39 is 0 Å². The molecule has 19 heavy (non-hydrogen) atoms. The Morgan fingerprint density at radius 2 is 2.05 bits per heavy atom. The van der Waals surface area contributed by atoms with E-state index in [9.17, 15) is 0 Å². The summed E-state index contributed by atoms with van der Waals surface area (Å²) in [5, 5.41) is 17.2. The average molecular weight is 313 g/mol. The third kappa shape index (κ3) is 2.00. The van der Waals surface area contributed by atoms with Crippen LogP contribution in [0.3, 0.4) is 0 Å². The van der Waals surface area contributed by atoms with Crippen molar-refractivity contribution in [3.8, 4) is 17.5 Å². The summed E-state index contributed by atoms with van der Waals surface area (Å²) < 4.78 is 2.88. The Bertz CT molecular complexity index is 814. The number of benzene rings is 1. The zero-order valence-electron chi connectivity index (χ0n) is 10.1. The molecule has 0 aliphatic carbocycles. The van der Waals surface area contributed by atoms with Crippen molar-refractivity contribution in [3.05, 3.63) is 52.1 Å². The molecule has 0 radical (unpaired) electrons. The lowest BCUT2D eigenvalue weighted by atomic mass is 10.1. The number of halogens is 1. The van der Waals surface area contributed by atoms with E-state index in [1.54, 1.807) is 12.1 Å². The standard InChI is InChI=1S/C14H9BrN4/c1-9-2-3-11(15)7-12(9)14-18-17-13-6-10(8-16)4-5-19(13)14/h2-7H,1H3. The molecular weight excluding hydrogens is 304 g/mol. The fourth-order valence-corrected chi connectivity index (χ4v) is 2.34. The number of nitrogens with zero attached hydrogens (tertiary/aromatic N) is 4. The van der Waals surface area contributed by atoms with Gasteiger partial charge in [0.05, 0.1) is 11.6 Å². The lowest BCUT2D eigenvalue weighted by Crippen LogP contribution is -1.92. The molecule has 0 aliphatic heterocycles. The molecule has 0 saturated heterocycles. The number of pyridine rings is 1. The molecule has 1 aromatic carbocycles. The van der Waals surface area contributed by atoms with Gasteiger partial charge in [0.25, 0.3) is 0 Å². The molecule has 3 aromatic rings. The minimum atomic E-state index is 0.581. The van der Waals surface area contributed by atoms with Gasteiger partial charge in [0.15, 0.2) is 11.5 Å². The largest absolute Gasteiger partial charge is 0.282 e. The van der Waals surface area contributed by atoms with Gasteiger partial charge in [0, 0.05) is 22.3 Å². The van der Waals surface area contributed by atoms with Gasteiger partial charge >= 0.3 is 0 Å². The van der Waals surface area contributed by atoms with Crippen molar-refractivity contribution in [2.24, 2.45) is 0 Å². The van der Waals surface area contributed by atoms with Crippen LogP contribution in [0.25, 0.3) is 17.0 Å². The number of hydrogen-bond donors (Lipinski definition) is 0. The van der Waals surface area contributed by atoms with Gasteiger partial charge in [-0.3, -0.25) is 4.40 Å². The maximum Gasteiger partial charge on any atom is 0.168 e. The SMILES string of the molecule is Cc1ccc(Br)cc1-c1nnc2cc(C#N)ccn12. The minimum absolute atomic E-state index is 0.581. The maximum atomic E-state index is 8.89. The number of aromatic nitrogens is 3. The topological polar surface area (TPSA) is 54.0 Å². The molecule has 2 aromatic heterocycles. The van der Waals surface area contributed by atoms with Gasteiger partial charge in [0.2, 0.25) is 0 Å². The average Bonchev–Trinajstić information content (AvgIpc) is 2.84. The van der Waals surface area contributed by atoms with Crippen LogP contribution < -0.4 is 0 Å². The summed E-state index contributed by atoms with van der Waals surface area (Å²) in [6, 6.07) is 11.6. The van der Waals surface area contributed by atoms with E-state index in [-0.39, 0.29) is 0 Å². The zero-order valence-corrected chi connectivity index (χ0v) is 11.7. The summed E-state index contributed by atoms with van der Waals surface area (Å²) in [7, 11) is 0. The lowest BCUT2D eigenvalue weighted by molar-refractivity contribution is 1.11. The normalized spacial score (nSPS) is 10.6. The van der Waals surface area contributed by atoms with Gasteiger partial charge in [-0.2, -0.15) is 5.26 Å².